The van der Waals surface area contributed by atoms with Gasteiger partial charge in [0.05, 0.1) is 17.4 Å². The van der Waals surface area contributed by atoms with E-state index in [1.165, 1.54) is 6.07 Å². The third-order valence-electron chi connectivity index (χ3n) is 1.76. The molecule has 0 amide bonds. The Hall–Kier alpha value is -1.38. The van der Waals surface area contributed by atoms with E-state index in [9.17, 15) is 8.42 Å². The second-order valence-corrected chi connectivity index (χ2v) is 4.31. The molecule has 0 radical (unpaired) electrons. The SMILES string of the molecule is Cc1ccc(S(=O)(=O)O)c(CC#N)c1. The lowest BCUT2D eigenvalue weighted by molar-refractivity contribution is 0.482. The van der Waals surface area contributed by atoms with Crippen LogP contribution in [0.2, 0.25) is 0 Å². The van der Waals surface area contributed by atoms with Gasteiger partial charge in [-0.1, -0.05) is 17.7 Å². The Morgan fingerprint density at radius 1 is 1.50 bits per heavy atom. The van der Waals surface area contributed by atoms with Gasteiger partial charge in [-0.2, -0.15) is 13.7 Å². The molecule has 0 bridgehead atoms. The van der Waals surface area contributed by atoms with E-state index in [2.05, 4.69) is 0 Å². The van der Waals surface area contributed by atoms with Crippen molar-refractivity contribution in [3.05, 3.63) is 29.3 Å². The van der Waals surface area contributed by atoms with Crippen LogP contribution in [0, 0.1) is 18.3 Å². The van der Waals surface area contributed by atoms with Crippen molar-refractivity contribution >= 4 is 10.1 Å². The third kappa shape index (κ3) is 2.31. The van der Waals surface area contributed by atoms with Gasteiger partial charge >= 0.3 is 0 Å². The molecule has 1 aromatic carbocycles. The van der Waals surface area contributed by atoms with Crippen LogP contribution < -0.4 is 0 Å². The lowest BCUT2D eigenvalue weighted by Crippen LogP contribution is -2.03. The van der Waals surface area contributed by atoms with E-state index in [0.717, 1.165) is 5.56 Å². The van der Waals surface area contributed by atoms with Gasteiger partial charge in [0.25, 0.3) is 10.1 Å². The Balaban J connectivity index is 3.38. The van der Waals surface area contributed by atoms with Crippen molar-refractivity contribution in [3.63, 3.8) is 0 Å². The van der Waals surface area contributed by atoms with Crippen LogP contribution >= 0.6 is 0 Å². The maximum absolute atomic E-state index is 10.9. The van der Waals surface area contributed by atoms with Crippen molar-refractivity contribution in [1.29, 1.82) is 5.26 Å². The maximum Gasteiger partial charge on any atom is 0.294 e. The van der Waals surface area contributed by atoms with Gasteiger partial charge in [-0.15, -0.1) is 0 Å². The van der Waals surface area contributed by atoms with Gasteiger partial charge in [0.15, 0.2) is 0 Å². The summed E-state index contributed by atoms with van der Waals surface area (Å²) in [6.45, 7) is 1.79. The van der Waals surface area contributed by atoms with Crippen LogP contribution in [0.1, 0.15) is 11.1 Å². The lowest BCUT2D eigenvalue weighted by Gasteiger charge is -2.04. The zero-order chi connectivity index (χ0) is 10.8. The molecule has 1 aromatic rings. The topological polar surface area (TPSA) is 78.2 Å². The third-order valence-corrected chi connectivity index (χ3v) is 2.72. The highest BCUT2D eigenvalue weighted by Gasteiger charge is 2.14. The summed E-state index contributed by atoms with van der Waals surface area (Å²) in [5.41, 5.74) is 1.18. The molecule has 1 rings (SSSR count). The standard InChI is InChI=1S/C9H9NO3S/c1-7-2-3-9(14(11,12)13)8(6-7)4-5-10/h2-3,6H,4H2,1H3,(H,11,12,13). The van der Waals surface area contributed by atoms with Crippen molar-refractivity contribution in [2.24, 2.45) is 0 Å². The van der Waals surface area contributed by atoms with Crippen molar-refractivity contribution in [1.82, 2.24) is 0 Å². The normalized spacial score (nSPS) is 10.9. The van der Waals surface area contributed by atoms with Crippen LogP contribution in [-0.2, 0) is 16.5 Å². The molecular formula is C9H9NO3S. The van der Waals surface area contributed by atoms with Crippen molar-refractivity contribution < 1.29 is 13.0 Å². The van der Waals surface area contributed by atoms with E-state index in [4.69, 9.17) is 9.81 Å². The molecule has 0 spiro atoms. The minimum Gasteiger partial charge on any atom is -0.282 e. The summed E-state index contributed by atoms with van der Waals surface area (Å²) in [6, 6.07) is 6.30. The van der Waals surface area contributed by atoms with Gasteiger partial charge in [0, 0.05) is 0 Å². The summed E-state index contributed by atoms with van der Waals surface area (Å²) >= 11 is 0. The summed E-state index contributed by atoms with van der Waals surface area (Å²) in [5, 5.41) is 8.47. The van der Waals surface area contributed by atoms with Gasteiger partial charge in [0.2, 0.25) is 0 Å². The molecule has 74 valence electrons. The fourth-order valence-corrected chi connectivity index (χ4v) is 1.89. The average Bonchev–Trinajstić information content (AvgIpc) is 2.02. The van der Waals surface area contributed by atoms with Gasteiger partial charge in [-0.25, -0.2) is 0 Å². The van der Waals surface area contributed by atoms with Crippen LogP contribution in [0.15, 0.2) is 23.1 Å². The van der Waals surface area contributed by atoms with Crippen LogP contribution in [0.5, 0.6) is 0 Å². The first-order valence-electron chi connectivity index (χ1n) is 3.89. The smallest absolute Gasteiger partial charge is 0.282 e. The zero-order valence-corrected chi connectivity index (χ0v) is 8.37. The van der Waals surface area contributed by atoms with Crippen LogP contribution in [0.4, 0.5) is 0 Å². The minimum absolute atomic E-state index is 0.0309. The average molecular weight is 211 g/mol. The molecule has 0 unspecified atom stereocenters. The molecule has 0 aromatic heterocycles. The van der Waals surface area contributed by atoms with E-state index in [1.807, 2.05) is 6.07 Å². The van der Waals surface area contributed by atoms with E-state index >= 15 is 0 Å². The van der Waals surface area contributed by atoms with E-state index in [-0.39, 0.29) is 11.3 Å². The summed E-state index contributed by atoms with van der Waals surface area (Å²) in [4.78, 5) is -0.190. The number of aryl methyl sites for hydroxylation is 1. The zero-order valence-electron chi connectivity index (χ0n) is 7.56. The number of nitriles is 1. The monoisotopic (exact) mass is 211 g/mol. The van der Waals surface area contributed by atoms with Crippen LogP contribution in [0.25, 0.3) is 0 Å². The molecule has 0 saturated carbocycles. The largest absolute Gasteiger partial charge is 0.294 e. The Morgan fingerprint density at radius 2 is 2.14 bits per heavy atom. The molecule has 4 nitrogen and oxygen atoms in total. The second-order valence-electron chi connectivity index (χ2n) is 2.92. The molecule has 1 N–H and O–H groups in total. The number of hydrogen-bond acceptors (Lipinski definition) is 3. The summed E-state index contributed by atoms with van der Waals surface area (Å²) in [5.74, 6) is 0. The molecule has 0 aliphatic heterocycles. The highest BCUT2D eigenvalue weighted by Crippen LogP contribution is 2.17. The second kappa shape index (κ2) is 3.78. The van der Waals surface area contributed by atoms with Crippen LogP contribution in [-0.4, -0.2) is 13.0 Å². The molecule has 0 fully saturated rings. The highest BCUT2D eigenvalue weighted by molar-refractivity contribution is 7.85. The molecule has 0 heterocycles. The molecule has 14 heavy (non-hydrogen) atoms. The van der Waals surface area contributed by atoms with Crippen molar-refractivity contribution in [3.8, 4) is 6.07 Å². The summed E-state index contributed by atoms with van der Waals surface area (Å²) in [7, 11) is -4.22. The minimum atomic E-state index is -4.22. The number of nitrogens with zero attached hydrogens (tertiary/aromatic N) is 1. The predicted octanol–water partition coefficient (Wildman–Crippen LogP) is 1.31. The Labute approximate surface area is 82.5 Å². The Kier molecular flexibility index (Phi) is 2.89. The summed E-state index contributed by atoms with van der Waals surface area (Å²) < 4.78 is 30.6. The van der Waals surface area contributed by atoms with Crippen LogP contribution in [0.3, 0.4) is 0 Å². The molecule has 0 saturated heterocycles. The van der Waals surface area contributed by atoms with Crippen molar-refractivity contribution in [2.75, 3.05) is 0 Å². The number of benzene rings is 1. The van der Waals surface area contributed by atoms with E-state index < -0.39 is 10.1 Å². The fraction of sp³-hybridized carbons (Fsp3) is 0.222. The van der Waals surface area contributed by atoms with Crippen molar-refractivity contribution in [2.45, 2.75) is 18.2 Å². The molecular weight excluding hydrogens is 202 g/mol. The molecule has 0 aliphatic carbocycles. The number of hydrogen-bond donors (Lipinski definition) is 1. The van der Waals surface area contributed by atoms with Gasteiger partial charge in [0.1, 0.15) is 0 Å². The van der Waals surface area contributed by atoms with E-state index in [0.29, 0.717) is 5.56 Å². The molecule has 5 heteroatoms. The molecule has 0 aliphatic rings. The van der Waals surface area contributed by atoms with Gasteiger partial charge < -0.3 is 0 Å². The maximum atomic E-state index is 10.9. The first-order chi connectivity index (χ1) is 6.45. The summed E-state index contributed by atoms with van der Waals surface area (Å²) in [6.07, 6.45) is -0.0309. The van der Waals surface area contributed by atoms with Gasteiger partial charge in [-0.05, 0) is 18.6 Å². The Morgan fingerprint density at radius 3 is 2.64 bits per heavy atom. The predicted molar refractivity (Wildman–Crippen MR) is 50.3 cm³/mol. The lowest BCUT2D eigenvalue weighted by atomic mass is 10.1. The highest BCUT2D eigenvalue weighted by atomic mass is 32.2. The first-order valence-corrected chi connectivity index (χ1v) is 5.33. The number of rotatable bonds is 2. The first kappa shape index (κ1) is 10.7. The Bertz CT molecular complexity index is 485. The quantitative estimate of drug-likeness (QED) is 0.748. The van der Waals surface area contributed by atoms with E-state index in [1.54, 1.807) is 19.1 Å². The molecule has 0 atom stereocenters. The fourth-order valence-electron chi connectivity index (χ4n) is 1.18. The van der Waals surface area contributed by atoms with Gasteiger partial charge in [-0.3, -0.25) is 4.55 Å².